The maximum absolute atomic E-state index is 13.3. The Kier molecular flexibility index (Phi) is 6.04. The van der Waals surface area contributed by atoms with E-state index < -0.39 is 23.6 Å². The Morgan fingerprint density at radius 1 is 1.11 bits per heavy atom. The van der Waals surface area contributed by atoms with E-state index in [2.05, 4.69) is 10.3 Å². The zero-order chi connectivity index (χ0) is 20.9. The Hall–Kier alpha value is -3.82. The van der Waals surface area contributed by atoms with Gasteiger partial charge in [-0.3, -0.25) is 4.79 Å². The van der Waals surface area contributed by atoms with Crippen molar-refractivity contribution < 1.29 is 27.9 Å². The second-order valence-corrected chi connectivity index (χ2v) is 5.51. The number of guanidine groups is 1. The number of amides is 1. The highest BCUT2D eigenvalue weighted by atomic mass is 19.4. The van der Waals surface area contributed by atoms with Gasteiger partial charge in [0.1, 0.15) is 0 Å². The molecule has 1 amide bonds. The molecule has 146 valence electrons. The fourth-order valence-electron chi connectivity index (χ4n) is 2.25. The van der Waals surface area contributed by atoms with Crippen LogP contribution in [0.5, 0.6) is 0 Å². The molecule has 0 unspecified atom stereocenters. The fourth-order valence-corrected chi connectivity index (χ4v) is 2.25. The van der Waals surface area contributed by atoms with Crippen molar-refractivity contribution in [3.05, 3.63) is 65.2 Å². The number of nitrogens with zero attached hydrogens (tertiary/aromatic N) is 1. The van der Waals surface area contributed by atoms with Crippen LogP contribution >= 0.6 is 0 Å². The summed E-state index contributed by atoms with van der Waals surface area (Å²) < 4.78 is 39.8. The number of carbonyl (C=O) groups excluding carboxylic acids is 1. The number of nitrogens with one attached hydrogen (secondary N) is 1. The number of rotatable bonds is 5. The Morgan fingerprint density at radius 3 is 2.43 bits per heavy atom. The van der Waals surface area contributed by atoms with Crippen LogP contribution in [0.25, 0.3) is 6.08 Å². The van der Waals surface area contributed by atoms with Crippen molar-refractivity contribution in [3.63, 3.8) is 0 Å². The first-order valence-electron chi connectivity index (χ1n) is 7.69. The number of nitrogens with two attached hydrogens (primary N) is 2. The van der Waals surface area contributed by atoms with E-state index in [0.29, 0.717) is 11.8 Å². The van der Waals surface area contributed by atoms with Crippen LogP contribution in [0.2, 0.25) is 0 Å². The third kappa shape index (κ3) is 5.59. The predicted octanol–water partition coefficient (Wildman–Crippen LogP) is 2.96. The number of carbonyl (C=O) groups is 2. The fraction of sp³-hybridized carbons (Fsp3) is 0.0556. The summed E-state index contributed by atoms with van der Waals surface area (Å²) in [6, 6.07) is 8.88. The minimum atomic E-state index is -4.74. The molecule has 6 N–H and O–H groups in total. The summed E-state index contributed by atoms with van der Waals surface area (Å²) in [5.74, 6) is -2.27. The zero-order valence-corrected chi connectivity index (χ0v) is 14.2. The number of halogens is 3. The topological polar surface area (TPSA) is 131 Å². The van der Waals surface area contributed by atoms with Crippen LogP contribution in [0.3, 0.4) is 0 Å². The number of benzene rings is 2. The van der Waals surface area contributed by atoms with Crippen molar-refractivity contribution in [3.8, 4) is 0 Å². The van der Waals surface area contributed by atoms with Crippen molar-refractivity contribution in [2.75, 3.05) is 5.32 Å². The molecular formula is C18H15F3N4O3. The molecule has 0 aromatic heterocycles. The number of carboxylic acids is 1. The molecule has 28 heavy (non-hydrogen) atoms. The van der Waals surface area contributed by atoms with Gasteiger partial charge in [0.25, 0.3) is 5.91 Å². The molecule has 0 saturated carbocycles. The number of alkyl halides is 3. The SMILES string of the molecule is NC(N)=Nc1cccc(C(=O)Nc2ccc(C=CC(=O)O)c(C(F)(F)F)c2)c1. The normalized spacial score (nSPS) is 11.2. The van der Waals surface area contributed by atoms with E-state index in [4.69, 9.17) is 16.6 Å². The second-order valence-electron chi connectivity index (χ2n) is 5.51. The highest BCUT2D eigenvalue weighted by Gasteiger charge is 2.33. The van der Waals surface area contributed by atoms with Crippen LogP contribution in [0.1, 0.15) is 21.5 Å². The molecule has 0 bridgehead atoms. The quantitative estimate of drug-likeness (QED) is 0.353. The van der Waals surface area contributed by atoms with E-state index in [9.17, 15) is 22.8 Å². The van der Waals surface area contributed by atoms with Crippen molar-refractivity contribution in [1.82, 2.24) is 0 Å². The van der Waals surface area contributed by atoms with E-state index >= 15 is 0 Å². The molecule has 0 heterocycles. The molecule has 0 radical (unpaired) electrons. The minimum Gasteiger partial charge on any atom is -0.478 e. The zero-order valence-electron chi connectivity index (χ0n) is 14.2. The van der Waals surface area contributed by atoms with Crippen LogP contribution in [0, 0.1) is 0 Å². The van der Waals surface area contributed by atoms with Gasteiger partial charge in [0, 0.05) is 17.3 Å². The van der Waals surface area contributed by atoms with Gasteiger partial charge in [-0.25, -0.2) is 9.79 Å². The Labute approximate surface area is 157 Å². The third-order valence-corrected chi connectivity index (χ3v) is 3.39. The maximum atomic E-state index is 13.3. The van der Waals surface area contributed by atoms with Gasteiger partial charge >= 0.3 is 12.1 Å². The van der Waals surface area contributed by atoms with Gasteiger partial charge in [-0.05, 0) is 42.0 Å². The van der Waals surface area contributed by atoms with E-state index in [-0.39, 0.29) is 22.8 Å². The molecule has 0 spiro atoms. The highest BCUT2D eigenvalue weighted by Crippen LogP contribution is 2.34. The smallest absolute Gasteiger partial charge is 0.417 e. The first-order chi connectivity index (χ1) is 13.1. The molecule has 0 atom stereocenters. The van der Waals surface area contributed by atoms with Crippen LogP contribution in [-0.4, -0.2) is 22.9 Å². The highest BCUT2D eigenvalue weighted by molar-refractivity contribution is 6.05. The lowest BCUT2D eigenvalue weighted by atomic mass is 10.0. The number of hydrogen-bond donors (Lipinski definition) is 4. The van der Waals surface area contributed by atoms with Crippen molar-refractivity contribution in [1.29, 1.82) is 0 Å². The van der Waals surface area contributed by atoms with Gasteiger partial charge in [0.05, 0.1) is 11.3 Å². The van der Waals surface area contributed by atoms with E-state index in [1.807, 2.05) is 0 Å². The molecule has 0 aliphatic heterocycles. The maximum Gasteiger partial charge on any atom is 0.417 e. The Morgan fingerprint density at radius 2 is 1.82 bits per heavy atom. The standard InChI is InChI=1S/C18H15F3N4O3/c19-18(20,21)14-9-13(6-4-10(14)5-7-15(26)27)24-16(28)11-2-1-3-12(8-11)25-17(22)23/h1-9H,(H,24,28)(H,26,27)(H4,22,23,25). The average molecular weight is 392 g/mol. The Bertz CT molecular complexity index is 965. The number of aliphatic carboxylic acids is 1. The van der Waals surface area contributed by atoms with Gasteiger partial charge in [0.2, 0.25) is 0 Å². The number of aliphatic imine (C=N–C) groups is 1. The lowest BCUT2D eigenvalue weighted by Crippen LogP contribution is -2.22. The minimum absolute atomic E-state index is 0.114. The molecule has 7 nitrogen and oxygen atoms in total. The number of anilines is 1. The summed E-state index contributed by atoms with van der Waals surface area (Å²) in [4.78, 5) is 26.7. The molecule has 0 aliphatic rings. The first-order valence-corrected chi connectivity index (χ1v) is 7.69. The van der Waals surface area contributed by atoms with Crippen molar-refractivity contribution in [2.24, 2.45) is 16.5 Å². The molecule has 2 rings (SSSR count). The number of carboxylic acid groups (broad SMARTS) is 1. The van der Waals surface area contributed by atoms with E-state index in [1.165, 1.54) is 24.3 Å². The summed E-state index contributed by atoms with van der Waals surface area (Å²) in [7, 11) is 0. The summed E-state index contributed by atoms with van der Waals surface area (Å²) in [6.45, 7) is 0. The first kappa shape index (κ1) is 20.5. The summed E-state index contributed by atoms with van der Waals surface area (Å²) in [6.07, 6.45) is -3.32. The van der Waals surface area contributed by atoms with Crippen molar-refractivity contribution >= 4 is 35.3 Å². The lowest BCUT2D eigenvalue weighted by molar-refractivity contribution is -0.137. The van der Waals surface area contributed by atoms with Gasteiger partial charge in [-0.2, -0.15) is 13.2 Å². The molecule has 0 saturated heterocycles. The molecular weight excluding hydrogens is 377 g/mol. The molecule has 0 aliphatic carbocycles. The van der Waals surface area contributed by atoms with Crippen LogP contribution < -0.4 is 16.8 Å². The van der Waals surface area contributed by atoms with Crippen LogP contribution in [-0.2, 0) is 11.0 Å². The van der Waals surface area contributed by atoms with Crippen molar-refractivity contribution in [2.45, 2.75) is 6.18 Å². The predicted molar refractivity (Wildman–Crippen MR) is 98.0 cm³/mol. The summed E-state index contributed by atoms with van der Waals surface area (Å²) in [5, 5.41) is 10.9. The monoisotopic (exact) mass is 392 g/mol. The molecule has 2 aromatic carbocycles. The van der Waals surface area contributed by atoms with E-state index in [1.54, 1.807) is 6.07 Å². The van der Waals surface area contributed by atoms with Gasteiger partial charge < -0.3 is 21.9 Å². The largest absolute Gasteiger partial charge is 0.478 e. The van der Waals surface area contributed by atoms with E-state index in [0.717, 1.165) is 18.2 Å². The lowest BCUT2D eigenvalue weighted by Gasteiger charge is -2.13. The van der Waals surface area contributed by atoms with Crippen LogP contribution in [0.4, 0.5) is 24.5 Å². The number of hydrogen-bond acceptors (Lipinski definition) is 3. The molecule has 10 heteroatoms. The Balaban J connectivity index is 2.32. The van der Waals surface area contributed by atoms with Gasteiger partial charge in [-0.15, -0.1) is 0 Å². The molecule has 0 fully saturated rings. The van der Waals surface area contributed by atoms with Gasteiger partial charge in [0.15, 0.2) is 5.96 Å². The van der Waals surface area contributed by atoms with Gasteiger partial charge in [-0.1, -0.05) is 12.1 Å². The second kappa shape index (κ2) is 8.25. The third-order valence-electron chi connectivity index (χ3n) is 3.39. The summed E-state index contributed by atoms with van der Waals surface area (Å²) in [5.41, 5.74) is 9.42. The summed E-state index contributed by atoms with van der Waals surface area (Å²) >= 11 is 0. The molecule has 2 aromatic rings. The van der Waals surface area contributed by atoms with Crippen LogP contribution in [0.15, 0.2) is 53.5 Å². The average Bonchev–Trinajstić information content (AvgIpc) is 2.59.